The highest BCUT2D eigenvalue weighted by atomic mass is 16.2. The molecule has 2 aliphatic heterocycles. The van der Waals surface area contributed by atoms with Gasteiger partial charge in [0.05, 0.1) is 6.04 Å². The van der Waals surface area contributed by atoms with Gasteiger partial charge in [-0.1, -0.05) is 36.4 Å². The van der Waals surface area contributed by atoms with Gasteiger partial charge < -0.3 is 15.5 Å². The van der Waals surface area contributed by atoms with E-state index in [1.165, 1.54) is 11.1 Å². The molecule has 5 nitrogen and oxygen atoms in total. The number of amides is 2. The van der Waals surface area contributed by atoms with Gasteiger partial charge in [0.25, 0.3) is 0 Å². The van der Waals surface area contributed by atoms with Gasteiger partial charge in [-0.2, -0.15) is 0 Å². The lowest BCUT2D eigenvalue weighted by atomic mass is 9.95. The number of carbonyl (C=O) groups excluding carboxylic acids is 2. The van der Waals surface area contributed by atoms with Crippen LogP contribution in [0.25, 0.3) is 0 Å². The molecule has 2 aromatic rings. The maximum atomic E-state index is 13.1. The molecule has 0 unspecified atom stereocenters. The summed E-state index contributed by atoms with van der Waals surface area (Å²) in [6, 6.07) is 15.3. The Balaban J connectivity index is 1.45. The second-order valence-corrected chi connectivity index (χ2v) is 7.45. The zero-order valence-electron chi connectivity index (χ0n) is 15.6. The Hall–Kier alpha value is -2.66. The second-order valence-electron chi connectivity index (χ2n) is 7.45. The maximum Gasteiger partial charge on any atom is 0.247 e. The molecule has 2 aliphatic rings. The van der Waals surface area contributed by atoms with Gasteiger partial charge in [0.1, 0.15) is 6.04 Å². The van der Waals surface area contributed by atoms with E-state index in [-0.39, 0.29) is 17.9 Å². The van der Waals surface area contributed by atoms with Gasteiger partial charge in [-0.05, 0) is 55.0 Å². The highest BCUT2D eigenvalue weighted by Crippen LogP contribution is 2.23. The summed E-state index contributed by atoms with van der Waals surface area (Å²) < 4.78 is 0. The number of benzene rings is 2. The molecule has 2 aromatic carbocycles. The second kappa shape index (κ2) is 7.53. The van der Waals surface area contributed by atoms with E-state index in [9.17, 15) is 9.59 Å². The highest BCUT2D eigenvalue weighted by molar-refractivity contribution is 5.98. The van der Waals surface area contributed by atoms with Crippen molar-refractivity contribution in [2.45, 2.75) is 44.8 Å². The Bertz CT molecular complexity index is 864. The molecule has 27 heavy (non-hydrogen) atoms. The summed E-state index contributed by atoms with van der Waals surface area (Å²) in [5, 5.41) is 6.32. The number of anilines is 1. The van der Waals surface area contributed by atoms with Crippen molar-refractivity contribution in [2.24, 2.45) is 0 Å². The Morgan fingerprint density at radius 3 is 2.74 bits per heavy atom. The van der Waals surface area contributed by atoms with Gasteiger partial charge in [0, 0.05) is 18.8 Å². The first-order chi connectivity index (χ1) is 13.1. The minimum Gasteiger partial charge on any atom is -0.329 e. The zero-order valence-corrected chi connectivity index (χ0v) is 15.6. The number of rotatable bonds is 3. The summed E-state index contributed by atoms with van der Waals surface area (Å²) in [5.74, 6) is -0.0611. The van der Waals surface area contributed by atoms with Crippen molar-refractivity contribution in [3.05, 3.63) is 65.2 Å². The molecular weight excluding hydrogens is 338 g/mol. The molecule has 4 rings (SSSR count). The van der Waals surface area contributed by atoms with Crippen LogP contribution in [0.2, 0.25) is 0 Å². The SMILES string of the molecule is Cc1cccc(NC(=O)[C@H]2CCCN2C(=O)[C@H]2Cc3ccccc3CN2)c1. The summed E-state index contributed by atoms with van der Waals surface area (Å²) in [4.78, 5) is 27.7. The van der Waals surface area contributed by atoms with E-state index in [1.807, 2.05) is 43.3 Å². The van der Waals surface area contributed by atoms with Crippen LogP contribution >= 0.6 is 0 Å². The third kappa shape index (κ3) is 3.74. The first-order valence-corrected chi connectivity index (χ1v) is 9.60. The fourth-order valence-corrected chi connectivity index (χ4v) is 4.08. The van der Waals surface area contributed by atoms with Gasteiger partial charge >= 0.3 is 0 Å². The molecule has 2 atom stereocenters. The third-order valence-corrected chi connectivity index (χ3v) is 5.50. The predicted molar refractivity (Wildman–Crippen MR) is 105 cm³/mol. The molecule has 0 aliphatic carbocycles. The first kappa shape index (κ1) is 17.7. The molecule has 2 amide bonds. The fraction of sp³-hybridized carbons (Fsp3) is 0.364. The number of nitrogens with one attached hydrogen (secondary N) is 2. The highest BCUT2D eigenvalue weighted by Gasteiger charge is 2.38. The number of carbonyl (C=O) groups is 2. The Morgan fingerprint density at radius 1 is 1.11 bits per heavy atom. The van der Waals surface area contributed by atoms with Crippen molar-refractivity contribution in [1.82, 2.24) is 10.2 Å². The average Bonchev–Trinajstić information content (AvgIpc) is 3.17. The topological polar surface area (TPSA) is 61.4 Å². The minimum atomic E-state index is -0.392. The summed E-state index contributed by atoms with van der Waals surface area (Å²) in [7, 11) is 0. The summed E-state index contributed by atoms with van der Waals surface area (Å²) in [6.45, 7) is 3.33. The Morgan fingerprint density at radius 2 is 1.93 bits per heavy atom. The van der Waals surface area contributed by atoms with Crippen LogP contribution < -0.4 is 10.6 Å². The van der Waals surface area contributed by atoms with Gasteiger partial charge in [0.2, 0.25) is 11.8 Å². The van der Waals surface area contributed by atoms with Crippen LogP contribution in [0.5, 0.6) is 0 Å². The van der Waals surface area contributed by atoms with Crippen LogP contribution in [0.4, 0.5) is 5.69 Å². The van der Waals surface area contributed by atoms with Crippen molar-refractivity contribution in [3.63, 3.8) is 0 Å². The molecule has 2 heterocycles. The van der Waals surface area contributed by atoms with Crippen LogP contribution in [0, 0.1) is 6.92 Å². The Labute approximate surface area is 159 Å². The molecular formula is C22H25N3O2. The van der Waals surface area contributed by atoms with E-state index in [0.717, 1.165) is 17.7 Å². The summed E-state index contributed by atoms with van der Waals surface area (Å²) in [6.07, 6.45) is 2.26. The third-order valence-electron chi connectivity index (χ3n) is 5.50. The number of hydrogen-bond acceptors (Lipinski definition) is 3. The van der Waals surface area contributed by atoms with Gasteiger partial charge in [-0.3, -0.25) is 9.59 Å². The van der Waals surface area contributed by atoms with Crippen molar-refractivity contribution in [3.8, 4) is 0 Å². The molecule has 2 N–H and O–H groups in total. The zero-order chi connectivity index (χ0) is 18.8. The van der Waals surface area contributed by atoms with Crippen LogP contribution in [0.3, 0.4) is 0 Å². The van der Waals surface area contributed by atoms with Gasteiger partial charge in [-0.25, -0.2) is 0 Å². The average molecular weight is 363 g/mol. The standard InChI is InChI=1S/C22H25N3O2/c1-15-6-4-9-18(12-15)24-21(26)20-10-5-11-25(20)22(27)19-13-16-7-2-3-8-17(16)14-23-19/h2-4,6-9,12,19-20,23H,5,10-11,13-14H2,1H3,(H,24,26)/t19-,20-/m1/s1. The van der Waals surface area contributed by atoms with Crippen LogP contribution in [0.1, 0.15) is 29.5 Å². The van der Waals surface area contributed by atoms with E-state index >= 15 is 0 Å². The lowest BCUT2D eigenvalue weighted by molar-refractivity contribution is -0.138. The predicted octanol–water partition coefficient (Wildman–Crippen LogP) is 2.64. The van der Waals surface area contributed by atoms with Crippen LogP contribution in [-0.4, -0.2) is 35.3 Å². The van der Waals surface area contributed by atoms with Crippen LogP contribution in [0.15, 0.2) is 48.5 Å². The smallest absolute Gasteiger partial charge is 0.247 e. The fourth-order valence-electron chi connectivity index (χ4n) is 4.08. The van der Waals surface area contributed by atoms with E-state index in [2.05, 4.69) is 22.8 Å². The maximum absolute atomic E-state index is 13.1. The van der Waals surface area contributed by atoms with E-state index in [0.29, 0.717) is 25.9 Å². The number of likely N-dealkylation sites (tertiary alicyclic amines) is 1. The lowest BCUT2D eigenvalue weighted by Crippen LogP contribution is -2.53. The molecule has 0 bridgehead atoms. The van der Waals surface area contributed by atoms with Gasteiger partial charge in [0.15, 0.2) is 0 Å². The number of aryl methyl sites for hydroxylation is 1. The molecule has 0 aromatic heterocycles. The normalized spacial score (nSPS) is 21.6. The molecule has 0 radical (unpaired) electrons. The monoisotopic (exact) mass is 363 g/mol. The number of fused-ring (bicyclic) bond motifs is 1. The lowest BCUT2D eigenvalue weighted by Gasteiger charge is -2.31. The van der Waals surface area contributed by atoms with E-state index < -0.39 is 6.04 Å². The van der Waals surface area contributed by atoms with Crippen molar-refractivity contribution < 1.29 is 9.59 Å². The summed E-state index contributed by atoms with van der Waals surface area (Å²) in [5.41, 5.74) is 4.34. The van der Waals surface area contributed by atoms with Crippen LogP contribution in [-0.2, 0) is 22.6 Å². The summed E-state index contributed by atoms with van der Waals surface area (Å²) >= 11 is 0. The largest absolute Gasteiger partial charge is 0.329 e. The van der Waals surface area contributed by atoms with E-state index in [4.69, 9.17) is 0 Å². The molecule has 5 heteroatoms. The van der Waals surface area contributed by atoms with Gasteiger partial charge in [-0.15, -0.1) is 0 Å². The number of hydrogen-bond donors (Lipinski definition) is 2. The molecule has 0 saturated carbocycles. The van der Waals surface area contributed by atoms with Crippen molar-refractivity contribution in [1.29, 1.82) is 0 Å². The van der Waals surface area contributed by atoms with Crippen molar-refractivity contribution in [2.75, 3.05) is 11.9 Å². The quantitative estimate of drug-likeness (QED) is 0.881. The number of nitrogens with zero attached hydrogens (tertiary/aromatic N) is 1. The molecule has 0 spiro atoms. The minimum absolute atomic E-state index is 0.0337. The molecule has 140 valence electrons. The van der Waals surface area contributed by atoms with E-state index in [1.54, 1.807) is 4.90 Å². The molecule has 1 fully saturated rings. The first-order valence-electron chi connectivity index (χ1n) is 9.60. The van der Waals surface area contributed by atoms with Crippen molar-refractivity contribution >= 4 is 17.5 Å². The molecule has 1 saturated heterocycles. The Kier molecular flexibility index (Phi) is 4.94.